The van der Waals surface area contributed by atoms with Gasteiger partial charge in [-0.2, -0.15) is 26.8 Å². The van der Waals surface area contributed by atoms with E-state index in [2.05, 4.69) is 25.7 Å². The predicted molar refractivity (Wildman–Crippen MR) is 139 cm³/mol. The first-order valence-corrected chi connectivity index (χ1v) is 14.5. The first-order valence-electron chi connectivity index (χ1n) is 10.9. The van der Waals surface area contributed by atoms with Crippen LogP contribution in [0.3, 0.4) is 0 Å². The minimum absolute atomic E-state index is 0.137. The van der Waals surface area contributed by atoms with Gasteiger partial charge in [0.25, 0.3) is 0 Å². The van der Waals surface area contributed by atoms with Crippen molar-refractivity contribution < 1.29 is 25.3 Å². The number of nitrogens with zero attached hydrogens (tertiary/aromatic N) is 4. The third-order valence-electron chi connectivity index (χ3n) is 5.00. The fourth-order valence-corrected chi connectivity index (χ4v) is 4.11. The van der Waals surface area contributed by atoms with E-state index in [1.807, 2.05) is 49.4 Å². The molecule has 1 atom stereocenters. The highest BCUT2D eigenvalue weighted by Crippen LogP contribution is 2.32. The van der Waals surface area contributed by atoms with E-state index in [0.717, 1.165) is 23.6 Å². The zero-order valence-electron chi connectivity index (χ0n) is 20.1. The molecule has 0 unspecified atom stereocenters. The van der Waals surface area contributed by atoms with E-state index >= 15 is 0 Å². The summed E-state index contributed by atoms with van der Waals surface area (Å²) in [5.74, 6) is 0.326. The van der Waals surface area contributed by atoms with Gasteiger partial charge in [0.05, 0.1) is 12.5 Å². The summed E-state index contributed by atoms with van der Waals surface area (Å²) < 4.78 is 57.3. The van der Waals surface area contributed by atoms with Gasteiger partial charge < -0.3 is 20.6 Å². The van der Waals surface area contributed by atoms with Gasteiger partial charge in [-0.05, 0) is 30.2 Å². The first kappa shape index (κ1) is 26.0. The zero-order chi connectivity index (χ0) is 26.8. The highest BCUT2D eigenvalue weighted by Gasteiger charge is 2.24. The van der Waals surface area contributed by atoms with Gasteiger partial charge in [0.1, 0.15) is 11.2 Å². The molecule has 2 heterocycles. The molecule has 37 heavy (non-hydrogen) atoms. The number of nitrogens with two attached hydrogens (primary N) is 1. The molecule has 0 saturated heterocycles. The summed E-state index contributed by atoms with van der Waals surface area (Å²) in [7, 11) is -8.04. The topological polar surface area (TPSA) is 180 Å². The number of hydrogen-bond acceptors (Lipinski definition) is 12. The number of aromatic nitrogens is 4. The quantitative estimate of drug-likeness (QED) is 0.194. The lowest BCUT2D eigenvalue weighted by Crippen LogP contribution is -2.20. The lowest BCUT2D eigenvalue weighted by molar-refractivity contribution is 0.253. The van der Waals surface area contributed by atoms with Crippen LogP contribution in [0.15, 0.2) is 54.6 Å². The average molecular weight is 548 g/mol. The van der Waals surface area contributed by atoms with Crippen molar-refractivity contribution in [2.24, 2.45) is 0 Å². The summed E-state index contributed by atoms with van der Waals surface area (Å²) in [5, 5.41) is 10.8. The lowest BCUT2D eigenvalue weighted by Gasteiger charge is -2.16. The molecule has 2 aromatic carbocycles. The lowest BCUT2D eigenvalue weighted by atomic mass is 10.1. The maximum absolute atomic E-state index is 11.9. The summed E-state index contributed by atoms with van der Waals surface area (Å²) in [4.78, 5) is 9.00. The number of anilines is 3. The second kappa shape index (κ2) is 10.1. The van der Waals surface area contributed by atoms with Crippen LogP contribution >= 0.6 is 0 Å². The van der Waals surface area contributed by atoms with Crippen LogP contribution in [0.1, 0.15) is 24.1 Å². The Morgan fingerprint density at radius 1 is 0.946 bits per heavy atom. The third-order valence-corrected chi connectivity index (χ3v) is 5.87. The third kappa shape index (κ3) is 6.77. The van der Waals surface area contributed by atoms with Gasteiger partial charge in [-0.15, -0.1) is 5.10 Å². The molecule has 2 aromatic heterocycles. The van der Waals surface area contributed by atoms with E-state index in [-0.39, 0.29) is 28.7 Å². The molecule has 0 aliphatic rings. The standard InChI is InChI=1S/C22H25N7O6S2/c1-14(16-7-5-4-6-8-16)25-20-18-19(24-13-15-9-11-17(23)12-10-15)28-29(35-37(3,32)33)21(18)27-22(26-20)34-36(2,30)31/h4-12,14H,13,23H2,1-3H3,(H,24,28)(H,25,26,27)/t14-/m0/s1. The molecule has 13 nitrogen and oxygen atoms in total. The largest absolute Gasteiger partial charge is 0.399 e. The number of rotatable bonds is 10. The first-order chi connectivity index (χ1) is 17.4. The summed E-state index contributed by atoms with van der Waals surface area (Å²) in [6.07, 6.45) is 1.68. The van der Waals surface area contributed by atoms with E-state index in [4.69, 9.17) is 14.2 Å². The molecule has 0 bridgehead atoms. The van der Waals surface area contributed by atoms with Crippen molar-refractivity contribution in [2.45, 2.75) is 19.5 Å². The number of hydrogen-bond donors (Lipinski definition) is 3. The van der Waals surface area contributed by atoms with Crippen molar-refractivity contribution in [3.8, 4) is 6.01 Å². The molecule has 4 rings (SSSR count). The monoisotopic (exact) mass is 547 g/mol. The molecule has 4 N–H and O–H groups in total. The molecule has 0 saturated carbocycles. The number of fused-ring (bicyclic) bond motifs is 1. The van der Waals surface area contributed by atoms with Crippen LogP contribution in [0, 0.1) is 0 Å². The Bertz CT molecular complexity index is 1620. The molecular formula is C22H25N7O6S2. The van der Waals surface area contributed by atoms with Crippen LogP contribution in [-0.4, -0.2) is 49.3 Å². The van der Waals surface area contributed by atoms with Gasteiger partial charge in [0.15, 0.2) is 5.82 Å². The summed E-state index contributed by atoms with van der Waals surface area (Å²) in [6.45, 7) is 2.17. The SMILES string of the molecule is C[C@H](Nc1nc(OS(C)(=O)=O)nc2c1c(NCc1ccc(N)cc1)nn2OS(C)(=O)=O)c1ccccc1. The highest BCUT2D eigenvalue weighted by molar-refractivity contribution is 7.86. The Labute approximate surface area is 213 Å². The molecule has 0 amide bonds. The van der Waals surface area contributed by atoms with E-state index in [0.29, 0.717) is 17.1 Å². The molecule has 196 valence electrons. The Balaban J connectivity index is 1.85. The molecule has 0 aliphatic heterocycles. The Morgan fingerprint density at radius 3 is 2.24 bits per heavy atom. The van der Waals surface area contributed by atoms with Crippen LogP contribution in [0.5, 0.6) is 6.01 Å². The maximum Gasteiger partial charge on any atom is 0.337 e. The molecule has 0 radical (unpaired) electrons. The average Bonchev–Trinajstić information content (AvgIpc) is 3.14. The second-order valence-electron chi connectivity index (χ2n) is 8.21. The molecule has 0 aliphatic carbocycles. The van der Waals surface area contributed by atoms with Crippen molar-refractivity contribution in [3.05, 3.63) is 65.7 Å². The smallest absolute Gasteiger partial charge is 0.337 e. The summed E-state index contributed by atoms with van der Waals surface area (Å²) in [6, 6.07) is 15.7. The fraction of sp³-hybridized carbons (Fsp3) is 0.227. The van der Waals surface area contributed by atoms with Gasteiger partial charge >= 0.3 is 26.2 Å². The van der Waals surface area contributed by atoms with Crippen LogP contribution in [0.25, 0.3) is 11.0 Å². The van der Waals surface area contributed by atoms with E-state index in [1.54, 1.807) is 12.1 Å². The van der Waals surface area contributed by atoms with Crippen molar-refractivity contribution in [3.63, 3.8) is 0 Å². The van der Waals surface area contributed by atoms with Crippen LogP contribution in [0.4, 0.5) is 17.3 Å². The fourth-order valence-electron chi connectivity index (χ4n) is 3.41. The van der Waals surface area contributed by atoms with Crippen LogP contribution in [-0.2, 0) is 26.8 Å². The Hall–Kier alpha value is -4.11. The highest BCUT2D eigenvalue weighted by atomic mass is 32.2. The minimum Gasteiger partial charge on any atom is -0.399 e. The normalized spacial score (nSPS) is 12.7. The van der Waals surface area contributed by atoms with Gasteiger partial charge in [-0.25, -0.2) is 0 Å². The summed E-state index contributed by atoms with van der Waals surface area (Å²) in [5.41, 5.74) is 8.00. The van der Waals surface area contributed by atoms with Crippen LogP contribution in [0.2, 0.25) is 0 Å². The number of nitrogens with one attached hydrogen (secondary N) is 2. The van der Waals surface area contributed by atoms with E-state index < -0.39 is 26.2 Å². The molecule has 0 fully saturated rings. The van der Waals surface area contributed by atoms with Crippen LogP contribution < -0.4 is 24.8 Å². The Morgan fingerprint density at radius 2 is 1.62 bits per heavy atom. The van der Waals surface area contributed by atoms with Gasteiger partial charge in [0, 0.05) is 18.3 Å². The molecular weight excluding hydrogens is 522 g/mol. The van der Waals surface area contributed by atoms with Crippen molar-refractivity contribution >= 4 is 48.6 Å². The van der Waals surface area contributed by atoms with Crippen molar-refractivity contribution in [1.29, 1.82) is 0 Å². The maximum atomic E-state index is 11.9. The Kier molecular flexibility index (Phi) is 7.09. The molecule has 4 aromatic rings. The van der Waals surface area contributed by atoms with Gasteiger partial charge in [-0.1, -0.05) is 47.3 Å². The predicted octanol–water partition coefficient (Wildman–Crippen LogP) is 1.92. The minimum atomic E-state index is -4.04. The summed E-state index contributed by atoms with van der Waals surface area (Å²) >= 11 is 0. The van der Waals surface area contributed by atoms with Gasteiger partial charge in [-0.3, -0.25) is 4.28 Å². The van der Waals surface area contributed by atoms with Gasteiger partial charge in [0.2, 0.25) is 5.65 Å². The number of nitrogen functional groups attached to an aromatic ring is 1. The number of benzene rings is 2. The van der Waals surface area contributed by atoms with E-state index in [9.17, 15) is 16.8 Å². The van der Waals surface area contributed by atoms with Crippen molar-refractivity contribution in [1.82, 2.24) is 19.9 Å². The zero-order valence-corrected chi connectivity index (χ0v) is 21.7. The molecule has 0 spiro atoms. The molecule has 15 heteroatoms. The van der Waals surface area contributed by atoms with E-state index in [1.165, 1.54) is 0 Å². The van der Waals surface area contributed by atoms with Crippen molar-refractivity contribution in [2.75, 3.05) is 28.9 Å². The second-order valence-corrected chi connectivity index (χ2v) is 11.3.